The number of hydrogen-bond donors (Lipinski definition) is 0. The molecule has 2 aromatic carbocycles. The SMILES string of the molecule is Cc1ccc(C)c(OCc2c(C(=O)N3CCC(Cc4ccccc4)CC3)noc2C)c1. The molecule has 0 N–H and O–H groups in total. The summed E-state index contributed by atoms with van der Waals surface area (Å²) >= 11 is 0. The number of ether oxygens (including phenoxy) is 1. The van der Waals surface area contributed by atoms with Gasteiger partial charge in [0.2, 0.25) is 0 Å². The Kier molecular flexibility index (Phi) is 6.40. The zero-order chi connectivity index (χ0) is 21.8. The first-order valence-electron chi connectivity index (χ1n) is 11.0. The molecule has 0 spiro atoms. The van der Waals surface area contributed by atoms with E-state index in [-0.39, 0.29) is 12.5 Å². The van der Waals surface area contributed by atoms with Crippen LogP contribution in [-0.2, 0) is 13.0 Å². The second-order valence-corrected chi connectivity index (χ2v) is 8.55. The van der Waals surface area contributed by atoms with Gasteiger partial charge in [-0.2, -0.15) is 0 Å². The van der Waals surface area contributed by atoms with Crippen LogP contribution in [0.5, 0.6) is 5.75 Å². The molecule has 0 atom stereocenters. The highest BCUT2D eigenvalue weighted by atomic mass is 16.5. The molecule has 4 rings (SSSR count). The molecule has 0 unspecified atom stereocenters. The highest BCUT2D eigenvalue weighted by molar-refractivity contribution is 5.93. The molecule has 5 heteroatoms. The number of piperidine rings is 1. The predicted octanol–water partition coefficient (Wildman–Crippen LogP) is 5.27. The maximum Gasteiger partial charge on any atom is 0.276 e. The smallest absolute Gasteiger partial charge is 0.276 e. The Bertz CT molecular complexity index is 1030. The monoisotopic (exact) mass is 418 g/mol. The molecule has 31 heavy (non-hydrogen) atoms. The molecule has 0 radical (unpaired) electrons. The lowest BCUT2D eigenvalue weighted by molar-refractivity contribution is 0.0677. The van der Waals surface area contributed by atoms with Gasteiger partial charge in [0, 0.05) is 13.1 Å². The third-order valence-corrected chi connectivity index (χ3v) is 6.17. The predicted molar refractivity (Wildman–Crippen MR) is 120 cm³/mol. The fourth-order valence-electron chi connectivity index (χ4n) is 4.18. The molecule has 1 saturated heterocycles. The number of likely N-dealkylation sites (tertiary alicyclic amines) is 1. The first-order chi connectivity index (χ1) is 15.0. The zero-order valence-corrected chi connectivity index (χ0v) is 18.6. The van der Waals surface area contributed by atoms with Gasteiger partial charge in [-0.1, -0.05) is 47.6 Å². The molecule has 1 fully saturated rings. The van der Waals surface area contributed by atoms with Gasteiger partial charge in [0.05, 0.1) is 5.56 Å². The Morgan fingerprint density at radius 2 is 1.84 bits per heavy atom. The summed E-state index contributed by atoms with van der Waals surface area (Å²) in [7, 11) is 0. The third kappa shape index (κ3) is 4.98. The van der Waals surface area contributed by atoms with Gasteiger partial charge in [0.15, 0.2) is 5.69 Å². The van der Waals surface area contributed by atoms with Crippen LogP contribution in [-0.4, -0.2) is 29.1 Å². The highest BCUT2D eigenvalue weighted by Gasteiger charge is 2.28. The number of aryl methyl sites for hydroxylation is 3. The Balaban J connectivity index is 1.39. The van der Waals surface area contributed by atoms with E-state index < -0.39 is 0 Å². The van der Waals surface area contributed by atoms with E-state index in [1.165, 1.54) is 5.56 Å². The topological polar surface area (TPSA) is 55.6 Å². The van der Waals surface area contributed by atoms with Crippen molar-refractivity contribution in [3.63, 3.8) is 0 Å². The van der Waals surface area contributed by atoms with Crippen molar-refractivity contribution in [1.82, 2.24) is 10.1 Å². The van der Waals surface area contributed by atoms with Gasteiger partial charge in [0.25, 0.3) is 5.91 Å². The molecule has 0 saturated carbocycles. The first-order valence-corrected chi connectivity index (χ1v) is 11.0. The van der Waals surface area contributed by atoms with Gasteiger partial charge < -0.3 is 14.2 Å². The van der Waals surface area contributed by atoms with Gasteiger partial charge in [-0.3, -0.25) is 4.79 Å². The van der Waals surface area contributed by atoms with Gasteiger partial charge in [-0.15, -0.1) is 0 Å². The summed E-state index contributed by atoms with van der Waals surface area (Å²) in [6.45, 7) is 7.65. The molecule has 3 aromatic rings. The van der Waals surface area contributed by atoms with Crippen LogP contribution in [0.1, 0.15) is 51.3 Å². The van der Waals surface area contributed by atoms with E-state index in [1.807, 2.05) is 43.9 Å². The minimum atomic E-state index is -0.0606. The van der Waals surface area contributed by atoms with Crippen molar-refractivity contribution in [1.29, 1.82) is 0 Å². The lowest BCUT2D eigenvalue weighted by Crippen LogP contribution is -2.39. The van der Waals surface area contributed by atoms with Crippen LogP contribution in [0.3, 0.4) is 0 Å². The van der Waals surface area contributed by atoms with Gasteiger partial charge in [-0.05, 0) is 68.7 Å². The van der Waals surface area contributed by atoms with Crippen LogP contribution >= 0.6 is 0 Å². The van der Waals surface area contributed by atoms with Crippen molar-refractivity contribution in [2.75, 3.05) is 13.1 Å². The molecule has 0 bridgehead atoms. The molecule has 5 nitrogen and oxygen atoms in total. The summed E-state index contributed by atoms with van der Waals surface area (Å²) in [6, 6.07) is 16.7. The van der Waals surface area contributed by atoms with Crippen molar-refractivity contribution in [3.05, 3.63) is 82.2 Å². The van der Waals surface area contributed by atoms with E-state index in [0.29, 0.717) is 17.4 Å². The van der Waals surface area contributed by atoms with Crippen LogP contribution in [0.2, 0.25) is 0 Å². The molecule has 1 aliphatic heterocycles. The third-order valence-electron chi connectivity index (χ3n) is 6.17. The Hall–Kier alpha value is -3.08. The molecule has 1 amide bonds. The number of aromatic nitrogens is 1. The molecule has 0 aliphatic carbocycles. The van der Waals surface area contributed by atoms with Crippen molar-refractivity contribution >= 4 is 5.91 Å². The Morgan fingerprint density at radius 3 is 2.58 bits per heavy atom. The largest absolute Gasteiger partial charge is 0.488 e. The Labute approximate surface area is 184 Å². The number of hydrogen-bond acceptors (Lipinski definition) is 4. The minimum Gasteiger partial charge on any atom is -0.488 e. The highest BCUT2D eigenvalue weighted by Crippen LogP contribution is 2.26. The van der Waals surface area contributed by atoms with Crippen LogP contribution in [0.25, 0.3) is 0 Å². The van der Waals surface area contributed by atoms with Crippen LogP contribution < -0.4 is 4.74 Å². The van der Waals surface area contributed by atoms with E-state index >= 15 is 0 Å². The van der Waals surface area contributed by atoms with Crippen LogP contribution in [0, 0.1) is 26.7 Å². The van der Waals surface area contributed by atoms with Crippen molar-refractivity contribution in [2.24, 2.45) is 5.92 Å². The van der Waals surface area contributed by atoms with E-state index in [4.69, 9.17) is 9.26 Å². The fourth-order valence-corrected chi connectivity index (χ4v) is 4.18. The number of carbonyl (C=O) groups excluding carboxylic acids is 1. The number of nitrogens with zero attached hydrogens (tertiary/aromatic N) is 2. The summed E-state index contributed by atoms with van der Waals surface area (Å²) in [4.78, 5) is 15.1. The second kappa shape index (κ2) is 9.38. The maximum absolute atomic E-state index is 13.2. The Morgan fingerprint density at radius 1 is 1.10 bits per heavy atom. The molecule has 1 aliphatic rings. The number of amides is 1. The number of benzene rings is 2. The quantitative estimate of drug-likeness (QED) is 0.547. The number of rotatable bonds is 6. The average molecular weight is 419 g/mol. The second-order valence-electron chi connectivity index (χ2n) is 8.55. The van der Waals surface area contributed by atoms with E-state index in [1.54, 1.807) is 0 Å². The lowest BCUT2D eigenvalue weighted by atomic mass is 9.90. The average Bonchev–Trinajstić information content (AvgIpc) is 3.15. The fraction of sp³-hybridized carbons (Fsp3) is 0.385. The summed E-state index contributed by atoms with van der Waals surface area (Å²) in [5, 5.41) is 4.08. The lowest BCUT2D eigenvalue weighted by Gasteiger charge is -2.31. The molecular weight excluding hydrogens is 388 g/mol. The molecule has 162 valence electrons. The summed E-state index contributed by atoms with van der Waals surface area (Å²) < 4.78 is 11.4. The van der Waals surface area contributed by atoms with Crippen LogP contribution in [0.4, 0.5) is 0 Å². The van der Waals surface area contributed by atoms with E-state index in [9.17, 15) is 4.79 Å². The van der Waals surface area contributed by atoms with Gasteiger partial charge in [0.1, 0.15) is 18.1 Å². The van der Waals surface area contributed by atoms with Gasteiger partial charge >= 0.3 is 0 Å². The minimum absolute atomic E-state index is 0.0606. The summed E-state index contributed by atoms with van der Waals surface area (Å²) in [5.74, 6) is 2.00. The summed E-state index contributed by atoms with van der Waals surface area (Å²) in [5.41, 5.74) is 4.68. The first kappa shape index (κ1) is 21.2. The molecule has 2 heterocycles. The maximum atomic E-state index is 13.2. The van der Waals surface area contributed by atoms with E-state index in [2.05, 4.69) is 35.5 Å². The van der Waals surface area contributed by atoms with Crippen molar-refractivity contribution in [2.45, 2.75) is 46.6 Å². The van der Waals surface area contributed by atoms with Crippen molar-refractivity contribution in [3.8, 4) is 5.75 Å². The van der Waals surface area contributed by atoms with Gasteiger partial charge in [-0.25, -0.2) is 0 Å². The number of carbonyl (C=O) groups is 1. The zero-order valence-electron chi connectivity index (χ0n) is 18.6. The normalized spacial score (nSPS) is 14.6. The van der Waals surface area contributed by atoms with Crippen molar-refractivity contribution < 1.29 is 14.1 Å². The summed E-state index contributed by atoms with van der Waals surface area (Å²) in [6.07, 6.45) is 3.08. The van der Waals surface area contributed by atoms with Crippen LogP contribution in [0.15, 0.2) is 53.1 Å². The molecule has 1 aromatic heterocycles. The van der Waals surface area contributed by atoms with E-state index in [0.717, 1.165) is 54.8 Å². The standard InChI is InChI=1S/C26H30N2O3/c1-18-9-10-19(2)24(15-18)30-17-23-20(3)31-27-25(23)26(29)28-13-11-22(12-14-28)16-21-7-5-4-6-8-21/h4-10,15,22H,11-14,16-17H2,1-3H3. The molecular formula is C26H30N2O3.